The van der Waals surface area contributed by atoms with Crippen molar-refractivity contribution in [3.8, 4) is 0 Å². The van der Waals surface area contributed by atoms with E-state index in [0.29, 0.717) is 0 Å². The number of carboxylic acids is 2. The van der Waals surface area contributed by atoms with Crippen molar-refractivity contribution in [1.29, 1.82) is 0 Å². The van der Waals surface area contributed by atoms with E-state index in [1.165, 1.54) is 51.4 Å². The quantitative estimate of drug-likeness (QED) is 0.492. The number of hydrogen-bond acceptors (Lipinski definition) is 2. The van der Waals surface area contributed by atoms with Crippen LogP contribution in [0.2, 0.25) is 0 Å². The van der Waals surface area contributed by atoms with Gasteiger partial charge in [0, 0.05) is 13.8 Å². The molecular formula is C18H28O4Ti. The topological polar surface area (TPSA) is 74.6 Å². The van der Waals surface area contributed by atoms with Gasteiger partial charge >= 0.3 is 21.7 Å². The molecule has 3 aliphatic rings. The molecule has 4 nitrogen and oxygen atoms in total. The fourth-order valence-corrected chi connectivity index (χ4v) is 3.12. The number of allylic oxidation sites excluding steroid dienone is 4. The SMILES string of the molecule is CC(=O)O.CC(=O)O.[CH-]1CCCC2=C1CC1=C2CCCC1.[CH3-].[Ti+2]. The second-order valence-corrected chi connectivity index (χ2v) is 5.60. The van der Waals surface area contributed by atoms with Crippen molar-refractivity contribution in [2.75, 3.05) is 0 Å². The molecule has 0 amide bonds. The van der Waals surface area contributed by atoms with Crippen molar-refractivity contribution in [1.82, 2.24) is 0 Å². The van der Waals surface area contributed by atoms with Crippen molar-refractivity contribution in [3.63, 3.8) is 0 Å². The van der Waals surface area contributed by atoms with Gasteiger partial charge in [0.05, 0.1) is 0 Å². The first-order valence-corrected chi connectivity index (χ1v) is 7.57. The van der Waals surface area contributed by atoms with Crippen LogP contribution in [0.1, 0.15) is 65.2 Å². The Kier molecular flexibility index (Phi) is 13.1. The number of carboxylic acid groups (broad SMARTS) is 2. The molecule has 3 aliphatic carbocycles. The Balaban J connectivity index is 0. The van der Waals surface area contributed by atoms with Crippen LogP contribution < -0.4 is 0 Å². The summed E-state index contributed by atoms with van der Waals surface area (Å²) in [5.74, 6) is -1.67. The van der Waals surface area contributed by atoms with Gasteiger partial charge in [-0.2, -0.15) is 5.57 Å². The average molecular weight is 356 g/mol. The molecule has 0 heterocycles. The van der Waals surface area contributed by atoms with Crippen molar-refractivity contribution in [2.45, 2.75) is 65.2 Å². The summed E-state index contributed by atoms with van der Waals surface area (Å²) in [4.78, 5) is 18.0. The van der Waals surface area contributed by atoms with E-state index >= 15 is 0 Å². The van der Waals surface area contributed by atoms with E-state index in [0.717, 1.165) is 13.8 Å². The summed E-state index contributed by atoms with van der Waals surface area (Å²) in [7, 11) is 0. The maximum Gasteiger partial charge on any atom is 2.00 e. The monoisotopic (exact) mass is 356 g/mol. The Morgan fingerprint density at radius 2 is 1.39 bits per heavy atom. The molecular weight excluding hydrogens is 328 g/mol. The van der Waals surface area contributed by atoms with Crippen molar-refractivity contribution < 1.29 is 41.5 Å². The van der Waals surface area contributed by atoms with E-state index in [-0.39, 0.29) is 29.1 Å². The molecule has 0 spiro atoms. The minimum absolute atomic E-state index is 0. The number of rotatable bonds is 0. The maximum absolute atomic E-state index is 9.00. The van der Waals surface area contributed by atoms with Gasteiger partial charge in [0.25, 0.3) is 11.9 Å². The van der Waals surface area contributed by atoms with Crippen LogP contribution in [-0.4, -0.2) is 22.2 Å². The number of fused-ring (bicyclic) bond motifs is 1. The van der Waals surface area contributed by atoms with E-state index in [9.17, 15) is 0 Å². The normalized spacial score (nSPS) is 17.5. The van der Waals surface area contributed by atoms with Gasteiger partial charge in [-0.25, -0.2) is 12.0 Å². The molecule has 23 heavy (non-hydrogen) atoms. The van der Waals surface area contributed by atoms with Gasteiger partial charge in [0.2, 0.25) is 0 Å². The second-order valence-electron chi connectivity index (χ2n) is 5.60. The summed E-state index contributed by atoms with van der Waals surface area (Å²) in [5.41, 5.74) is 7.06. The van der Waals surface area contributed by atoms with Crippen LogP contribution in [0.3, 0.4) is 0 Å². The predicted octanol–water partition coefficient (Wildman–Crippen LogP) is 4.58. The first kappa shape index (κ1) is 24.3. The average Bonchev–Trinajstić information content (AvgIpc) is 2.76. The first-order valence-electron chi connectivity index (χ1n) is 7.57. The minimum Gasteiger partial charge on any atom is -0.481 e. The third-order valence-electron chi connectivity index (χ3n) is 3.76. The standard InChI is InChI=1S/C13H17.2C2H4O2.CH3.Ti/c1-3-7-12-10(5-1)9-11-6-2-4-8-13(11)12;2*1-2(3)4;;/h5H,1-4,6-9H2;2*1H3,(H,3,4);1H3;/q-1;;;-1;+2. The number of aliphatic carboxylic acids is 2. The molecule has 0 aromatic rings. The van der Waals surface area contributed by atoms with E-state index in [1.807, 2.05) is 0 Å². The van der Waals surface area contributed by atoms with Crippen LogP contribution in [-0.2, 0) is 31.3 Å². The van der Waals surface area contributed by atoms with E-state index < -0.39 is 11.9 Å². The van der Waals surface area contributed by atoms with Crippen molar-refractivity contribution >= 4 is 11.9 Å². The molecule has 0 unspecified atom stereocenters. The molecule has 2 N–H and O–H groups in total. The molecule has 0 saturated heterocycles. The molecule has 0 fully saturated rings. The molecule has 0 bridgehead atoms. The summed E-state index contributed by atoms with van der Waals surface area (Å²) in [6.45, 7) is 2.17. The second kappa shape index (κ2) is 12.4. The Morgan fingerprint density at radius 3 is 1.96 bits per heavy atom. The summed E-state index contributed by atoms with van der Waals surface area (Å²) in [5, 5.41) is 14.8. The zero-order valence-electron chi connectivity index (χ0n) is 14.4. The van der Waals surface area contributed by atoms with Gasteiger partial charge in [-0.3, -0.25) is 9.59 Å². The molecule has 128 valence electrons. The molecule has 0 aromatic heterocycles. The minimum atomic E-state index is -0.833. The summed E-state index contributed by atoms with van der Waals surface area (Å²) in [6.07, 6.45) is 13.6. The van der Waals surface area contributed by atoms with E-state index in [4.69, 9.17) is 19.8 Å². The Morgan fingerprint density at radius 1 is 0.913 bits per heavy atom. The molecule has 3 rings (SSSR count). The van der Waals surface area contributed by atoms with Crippen LogP contribution in [0.25, 0.3) is 0 Å². The molecule has 0 aromatic carbocycles. The first-order chi connectivity index (χ1) is 9.91. The summed E-state index contributed by atoms with van der Waals surface area (Å²) >= 11 is 0. The van der Waals surface area contributed by atoms with Crippen LogP contribution in [0, 0.1) is 13.8 Å². The van der Waals surface area contributed by atoms with Crippen molar-refractivity contribution in [3.05, 3.63) is 36.1 Å². The number of hydrogen-bond donors (Lipinski definition) is 2. The van der Waals surface area contributed by atoms with E-state index in [1.54, 1.807) is 22.3 Å². The fourth-order valence-electron chi connectivity index (χ4n) is 3.12. The van der Waals surface area contributed by atoms with Crippen LogP contribution >= 0.6 is 0 Å². The zero-order valence-corrected chi connectivity index (χ0v) is 16.0. The van der Waals surface area contributed by atoms with Gasteiger partial charge in [0.15, 0.2) is 0 Å². The summed E-state index contributed by atoms with van der Waals surface area (Å²) < 4.78 is 0. The third kappa shape index (κ3) is 9.02. The molecule has 0 aliphatic heterocycles. The molecule has 0 radical (unpaired) electrons. The van der Waals surface area contributed by atoms with Crippen LogP contribution in [0.5, 0.6) is 0 Å². The summed E-state index contributed by atoms with van der Waals surface area (Å²) in [6, 6.07) is 0. The molecule has 0 saturated carbocycles. The van der Waals surface area contributed by atoms with Gasteiger partial charge in [0.1, 0.15) is 0 Å². The maximum atomic E-state index is 9.00. The number of carbonyl (C=O) groups is 2. The third-order valence-corrected chi connectivity index (χ3v) is 3.76. The van der Waals surface area contributed by atoms with E-state index in [2.05, 4.69) is 6.42 Å². The van der Waals surface area contributed by atoms with Gasteiger partial charge in [-0.1, -0.05) is 24.8 Å². The van der Waals surface area contributed by atoms with Crippen LogP contribution in [0.15, 0.2) is 22.3 Å². The van der Waals surface area contributed by atoms with Gasteiger partial charge in [-0.15, -0.1) is 12.0 Å². The fraction of sp³-hybridized carbons (Fsp3) is 0.556. The van der Waals surface area contributed by atoms with Gasteiger partial charge in [-0.05, 0) is 25.7 Å². The van der Waals surface area contributed by atoms with Gasteiger partial charge < -0.3 is 17.6 Å². The smallest absolute Gasteiger partial charge is 0.481 e. The predicted molar refractivity (Wildman–Crippen MR) is 88.3 cm³/mol. The Bertz CT molecular complexity index is 414. The Labute approximate surface area is 154 Å². The van der Waals surface area contributed by atoms with Crippen molar-refractivity contribution in [2.24, 2.45) is 0 Å². The zero-order chi connectivity index (χ0) is 15.8. The largest absolute Gasteiger partial charge is 2.00 e. The molecule has 5 heteroatoms. The Hall–Kier alpha value is -0.996. The molecule has 0 atom stereocenters. The van der Waals surface area contributed by atoms with Crippen LogP contribution in [0.4, 0.5) is 0 Å².